The van der Waals surface area contributed by atoms with Crippen molar-refractivity contribution in [2.45, 2.75) is 53.0 Å². The molecule has 1 aromatic rings. The molecule has 1 saturated carbocycles. The van der Waals surface area contributed by atoms with Gasteiger partial charge in [-0.3, -0.25) is 4.98 Å². The molecule has 1 aliphatic carbocycles. The van der Waals surface area contributed by atoms with Gasteiger partial charge in [0.1, 0.15) is 5.82 Å². The van der Waals surface area contributed by atoms with Gasteiger partial charge in [-0.15, -0.1) is 0 Å². The van der Waals surface area contributed by atoms with Crippen LogP contribution in [0.1, 0.15) is 52.1 Å². The number of nitrogens with zero attached hydrogens (tertiary/aromatic N) is 2. The van der Waals surface area contributed by atoms with Gasteiger partial charge < -0.3 is 10.6 Å². The number of rotatable bonds is 7. The van der Waals surface area contributed by atoms with Gasteiger partial charge >= 0.3 is 0 Å². The van der Waals surface area contributed by atoms with E-state index in [-0.39, 0.29) is 12.4 Å². The van der Waals surface area contributed by atoms with Crippen LogP contribution in [0.5, 0.6) is 0 Å². The Morgan fingerprint density at radius 2 is 2.17 bits per heavy atom. The number of hydrogen-bond donors (Lipinski definition) is 2. The number of aliphatic imine (C=N–C) groups is 1. The molecule has 1 fully saturated rings. The Kier molecular flexibility index (Phi) is 6.37. The van der Waals surface area contributed by atoms with Crippen molar-refractivity contribution in [1.29, 1.82) is 0 Å². The lowest BCUT2D eigenvalue weighted by Crippen LogP contribution is -2.47. The molecule has 0 radical (unpaired) electrons. The molecule has 2 N–H and O–H groups in total. The average molecular weight is 320 g/mol. The van der Waals surface area contributed by atoms with E-state index in [9.17, 15) is 4.39 Å². The van der Waals surface area contributed by atoms with E-state index in [1.54, 1.807) is 12.3 Å². The second kappa shape index (κ2) is 8.27. The van der Waals surface area contributed by atoms with Gasteiger partial charge in [-0.2, -0.15) is 0 Å². The number of hydrogen-bond acceptors (Lipinski definition) is 2. The van der Waals surface area contributed by atoms with E-state index >= 15 is 0 Å². The predicted octanol–water partition coefficient (Wildman–Crippen LogP) is 3.49. The van der Waals surface area contributed by atoms with Crippen molar-refractivity contribution in [1.82, 2.24) is 15.6 Å². The molecular formula is C18H29FN4. The zero-order chi connectivity index (χ0) is 16.7. The highest BCUT2D eigenvalue weighted by Crippen LogP contribution is 2.45. The number of halogens is 1. The normalized spacial score (nSPS) is 17.0. The molecule has 0 aromatic carbocycles. The Bertz CT molecular complexity index is 524. The molecule has 0 bridgehead atoms. The SMILES string of the molecule is CCNC(=NCc1ncccc1F)NCC1(CC(C)C)CCC1. The van der Waals surface area contributed by atoms with Crippen molar-refractivity contribution in [3.8, 4) is 0 Å². The second-order valence-corrected chi connectivity index (χ2v) is 6.93. The minimum Gasteiger partial charge on any atom is -0.357 e. The Morgan fingerprint density at radius 3 is 2.74 bits per heavy atom. The smallest absolute Gasteiger partial charge is 0.191 e. The van der Waals surface area contributed by atoms with E-state index in [4.69, 9.17) is 0 Å². The van der Waals surface area contributed by atoms with Gasteiger partial charge in [-0.25, -0.2) is 9.38 Å². The Morgan fingerprint density at radius 1 is 1.39 bits per heavy atom. The van der Waals surface area contributed by atoms with Crippen molar-refractivity contribution in [2.24, 2.45) is 16.3 Å². The molecule has 0 unspecified atom stereocenters. The summed E-state index contributed by atoms with van der Waals surface area (Å²) in [5.74, 6) is 1.15. The molecule has 0 aliphatic heterocycles. The second-order valence-electron chi connectivity index (χ2n) is 6.93. The van der Waals surface area contributed by atoms with Crippen LogP contribution in [-0.2, 0) is 6.54 Å². The van der Waals surface area contributed by atoms with Gasteiger partial charge in [-0.05, 0) is 49.7 Å². The van der Waals surface area contributed by atoms with Gasteiger partial charge in [0.05, 0.1) is 12.2 Å². The molecule has 1 aliphatic rings. The van der Waals surface area contributed by atoms with E-state index in [2.05, 4.69) is 34.5 Å². The van der Waals surface area contributed by atoms with Gasteiger partial charge in [0.15, 0.2) is 5.96 Å². The minimum absolute atomic E-state index is 0.249. The van der Waals surface area contributed by atoms with Crippen molar-refractivity contribution in [2.75, 3.05) is 13.1 Å². The molecule has 4 nitrogen and oxygen atoms in total. The molecular weight excluding hydrogens is 291 g/mol. The van der Waals surface area contributed by atoms with Crippen LogP contribution in [0.3, 0.4) is 0 Å². The molecule has 1 aromatic heterocycles. The minimum atomic E-state index is -0.303. The van der Waals surface area contributed by atoms with Crippen LogP contribution in [0.4, 0.5) is 4.39 Å². The summed E-state index contributed by atoms with van der Waals surface area (Å²) >= 11 is 0. The maximum absolute atomic E-state index is 13.6. The summed E-state index contributed by atoms with van der Waals surface area (Å²) in [5.41, 5.74) is 0.783. The zero-order valence-electron chi connectivity index (χ0n) is 14.5. The first-order chi connectivity index (χ1) is 11.0. The van der Waals surface area contributed by atoms with E-state index in [1.165, 1.54) is 31.7 Å². The molecule has 23 heavy (non-hydrogen) atoms. The highest BCUT2D eigenvalue weighted by Gasteiger charge is 2.37. The summed E-state index contributed by atoms with van der Waals surface area (Å²) in [4.78, 5) is 8.53. The third-order valence-electron chi connectivity index (χ3n) is 4.45. The molecule has 1 heterocycles. The Labute approximate surface area is 139 Å². The lowest BCUT2D eigenvalue weighted by atomic mass is 9.64. The highest BCUT2D eigenvalue weighted by molar-refractivity contribution is 5.79. The summed E-state index contributed by atoms with van der Waals surface area (Å²) in [6.45, 7) is 8.56. The van der Waals surface area contributed by atoms with E-state index in [0.29, 0.717) is 17.0 Å². The van der Waals surface area contributed by atoms with E-state index < -0.39 is 0 Å². The van der Waals surface area contributed by atoms with Crippen LogP contribution < -0.4 is 10.6 Å². The summed E-state index contributed by atoms with van der Waals surface area (Å²) in [6, 6.07) is 3.02. The fraction of sp³-hybridized carbons (Fsp3) is 0.667. The molecule has 0 amide bonds. The Hall–Kier alpha value is -1.65. The topological polar surface area (TPSA) is 49.3 Å². The van der Waals surface area contributed by atoms with E-state index in [1.807, 2.05) is 6.92 Å². The summed E-state index contributed by atoms with van der Waals surface area (Å²) in [7, 11) is 0. The molecule has 0 spiro atoms. The Balaban J connectivity index is 1.95. The number of aromatic nitrogens is 1. The van der Waals surface area contributed by atoms with Gasteiger partial charge in [0.25, 0.3) is 0 Å². The summed E-state index contributed by atoms with van der Waals surface area (Å²) in [5, 5.41) is 6.68. The average Bonchev–Trinajstić information content (AvgIpc) is 2.48. The number of guanidine groups is 1. The van der Waals surface area contributed by atoms with E-state index in [0.717, 1.165) is 19.0 Å². The maximum atomic E-state index is 13.6. The van der Waals surface area contributed by atoms with Crippen molar-refractivity contribution >= 4 is 5.96 Å². The lowest BCUT2D eigenvalue weighted by molar-refractivity contribution is 0.104. The first-order valence-corrected chi connectivity index (χ1v) is 8.66. The number of nitrogens with one attached hydrogen (secondary N) is 2. The fourth-order valence-electron chi connectivity index (χ4n) is 3.30. The third kappa shape index (κ3) is 5.19. The standard InChI is InChI=1S/C18H29FN4/c1-4-20-17(22-12-16-15(19)7-5-10-21-16)23-13-18(8-6-9-18)11-14(2)3/h5,7,10,14H,4,6,8-9,11-13H2,1-3H3,(H2,20,22,23). The molecule has 0 atom stereocenters. The van der Waals surface area contributed by atoms with Crippen molar-refractivity contribution < 1.29 is 4.39 Å². The van der Waals surface area contributed by atoms with Crippen LogP contribution >= 0.6 is 0 Å². The molecule has 2 rings (SSSR count). The summed E-state index contributed by atoms with van der Waals surface area (Å²) < 4.78 is 13.6. The van der Waals surface area contributed by atoms with Crippen LogP contribution in [0.25, 0.3) is 0 Å². The van der Waals surface area contributed by atoms with Crippen LogP contribution in [0.15, 0.2) is 23.3 Å². The van der Waals surface area contributed by atoms with Crippen LogP contribution in [0.2, 0.25) is 0 Å². The largest absolute Gasteiger partial charge is 0.357 e. The van der Waals surface area contributed by atoms with Crippen LogP contribution in [-0.4, -0.2) is 24.0 Å². The molecule has 128 valence electrons. The molecule has 5 heteroatoms. The fourth-order valence-corrected chi connectivity index (χ4v) is 3.30. The van der Waals surface area contributed by atoms with Crippen LogP contribution in [0, 0.1) is 17.2 Å². The van der Waals surface area contributed by atoms with Gasteiger partial charge in [-0.1, -0.05) is 20.3 Å². The highest BCUT2D eigenvalue weighted by atomic mass is 19.1. The quantitative estimate of drug-likeness (QED) is 0.597. The molecule has 0 saturated heterocycles. The van der Waals surface area contributed by atoms with Crippen molar-refractivity contribution in [3.05, 3.63) is 29.8 Å². The predicted molar refractivity (Wildman–Crippen MR) is 92.8 cm³/mol. The van der Waals surface area contributed by atoms with Crippen molar-refractivity contribution in [3.63, 3.8) is 0 Å². The van der Waals surface area contributed by atoms with Gasteiger partial charge in [0, 0.05) is 19.3 Å². The maximum Gasteiger partial charge on any atom is 0.191 e. The first kappa shape index (κ1) is 17.7. The van der Waals surface area contributed by atoms with Gasteiger partial charge in [0.2, 0.25) is 0 Å². The lowest BCUT2D eigenvalue weighted by Gasteiger charge is -2.43. The zero-order valence-corrected chi connectivity index (χ0v) is 14.5. The third-order valence-corrected chi connectivity index (χ3v) is 4.45. The monoisotopic (exact) mass is 320 g/mol. The number of pyridine rings is 1. The summed E-state index contributed by atoms with van der Waals surface area (Å²) in [6.07, 6.45) is 6.73. The first-order valence-electron chi connectivity index (χ1n) is 8.66.